The van der Waals surface area contributed by atoms with Crippen molar-refractivity contribution < 1.29 is 9.53 Å². The fourth-order valence-corrected chi connectivity index (χ4v) is 2.67. The maximum Gasteiger partial charge on any atom is 0.248 e. The molecule has 0 aliphatic heterocycles. The summed E-state index contributed by atoms with van der Waals surface area (Å²) < 4.78 is 5.76. The zero-order valence-corrected chi connectivity index (χ0v) is 14.0. The molecule has 0 fully saturated rings. The molecule has 0 spiro atoms. The van der Waals surface area contributed by atoms with Crippen LogP contribution in [0.4, 0.5) is 0 Å². The zero-order valence-electron chi connectivity index (χ0n) is 14.0. The number of aromatic nitrogens is 1. The van der Waals surface area contributed by atoms with Crippen molar-refractivity contribution in [1.29, 1.82) is 0 Å². The summed E-state index contributed by atoms with van der Waals surface area (Å²) >= 11 is 0. The molecule has 0 saturated carbocycles. The average molecular weight is 320 g/mol. The Morgan fingerprint density at radius 2 is 1.79 bits per heavy atom. The van der Waals surface area contributed by atoms with Gasteiger partial charge in [0.1, 0.15) is 5.75 Å². The van der Waals surface area contributed by atoms with Crippen molar-refractivity contribution in [3.8, 4) is 17.0 Å². The van der Waals surface area contributed by atoms with E-state index >= 15 is 0 Å². The number of nitrogens with zero attached hydrogens (tertiary/aromatic N) is 1. The second-order valence-corrected chi connectivity index (χ2v) is 6.11. The van der Waals surface area contributed by atoms with E-state index in [9.17, 15) is 4.79 Å². The van der Waals surface area contributed by atoms with Crippen molar-refractivity contribution in [3.05, 3.63) is 59.7 Å². The lowest BCUT2D eigenvalue weighted by molar-refractivity contribution is 0.100. The van der Waals surface area contributed by atoms with Crippen LogP contribution < -0.4 is 10.5 Å². The molecule has 3 rings (SSSR count). The molecule has 3 aromatic rings. The molecule has 1 heterocycles. The van der Waals surface area contributed by atoms with Crippen LogP contribution in [0.3, 0.4) is 0 Å². The molecule has 1 amide bonds. The van der Waals surface area contributed by atoms with Crippen LogP contribution in [0, 0.1) is 6.92 Å². The summed E-state index contributed by atoms with van der Waals surface area (Å²) in [5.41, 5.74) is 9.64. The number of pyridine rings is 1. The standard InChI is InChI=1S/C20H20N2O2/c1-12(2)24-16-8-9-18-17(11-16)13(3)10-19(22-18)14-4-6-15(7-5-14)20(21)23/h4-12H,1-3H3,(H2,21,23). The van der Waals surface area contributed by atoms with Gasteiger partial charge in [0.25, 0.3) is 0 Å². The highest BCUT2D eigenvalue weighted by Gasteiger charge is 2.08. The Labute approximate surface area is 141 Å². The van der Waals surface area contributed by atoms with Crippen LogP contribution in [0.15, 0.2) is 48.5 Å². The highest BCUT2D eigenvalue weighted by Crippen LogP contribution is 2.27. The first-order valence-electron chi connectivity index (χ1n) is 7.92. The second-order valence-electron chi connectivity index (χ2n) is 6.11. The van der Waals surface area contributed by atoms with E-state index in [0.29, 0.717) is 5.56 Å². The third kappa shape index (κ3) is 3.23. The van der Waals surface area contributed by atoms with Crippen LogP contribution >= 0.6 is 0 Å². The zero-order chi connectivity index (χ0) is 17.3. The second kappa shape index (κ2) is 6.32. The van der Waals surface area contributed by atoms with Gasteiger partial charge in [0.2, 0.25) is 5.91 Å². The van der Waals surface area contributed by atoms with Gasteiger partial charge in [-0.2, -0.15) is 0 Å². The highest BCUT2D eigenvalue weighted by molar-refractivity contribution is 5.93. The largest absolute Gasteiger partial charge is 0.491 e. The summed E-state index contributed by atoms with van der Waals surface area (Å²) in [4.78, 5) is 15.9. The Morgan fingerprint density at radius 3 is 2.42 bits per heavy atom. The van der Waals surface area contributed by atoms with Gasteiger partial charge >= 0.3 is 0 Å². The van der Waals surface area contributed by atoms with Gasteiger partial charge in [0.15, 0.2) is 0 Å². The summed E-state index contributed by atoms with van der Waals surface area (Å²) in [6, 6.07) is 15.2. The Bertz CT molecular complexity index is 899. The Balaban J connectivity index is 2.02. The molecule has 1 aromatic heterocycles. The van der Waals surface area contributed by atoms with E-state index in [2.05, 4.69) is 6.92 Å². The molecule has 4 heteroatoms. The minimum absolute atomic E-state index is 0.138. The van der Waals surface area contributed by atoms with Crippen molar-refractivity contribution in [3.63, 3.8) is 0 Å². The number of hydrogen-bond donors (Lipinski definition) is 1. The summed E-state index contributed by atoms with van der Waals surface area (Å²) in [6.07, 6.45) is 0.138. The van der Waals surface area contributed by atoms with Crippen molar-refractivity contribution >= 4 is 16.8 Å². The van der Waals surface area contributed by atoms with Crippen molar-refractivity contribution in [1.82, 2.24) is 4.98 Å². The third-order valence-corrected chi connectivity index (χ3v) is 3.82. The molecule has 0 atom stereocenters. The van der Waals surface area contributed by atoms with Gasteiger partial charge in [-0.15, -0.1) is 0 Å². The van der Waals surface area contributed by atoms with E-state index in [1.54, 1.807) is 12.1 Å². The monoisotopic (exact) mass is 320 g/mol. The van der Waals surface area contributed by atoms with E-state index in [1.807, 2.05) is 50.2 Å². The number of hydrogen-bond acceptors (Lipinski definition) is 3. The number of carbonyl (C=O) groups excluding carboxylic acids is 1. The van der Waals surface area contributed by atoms with Gasteiger partial charge in [-0.25, -0.2) is 4.98 Å². The van der Waals surface area contributed by atoms with Crippen LogP contribution in [-0.4, -0.2) is 17.0 Å². The lowest BCUT2D eigenvalue weighted by atomic mass is 10.0. The molecule has 0 saturated heterocycles. The quantitative estimate of drug-likeness (QED) is 0.787. The minimum atomic E-state index is -0.429. The third-order valence-electron chi connectivity index (χ3n) is 3.82. The molecule has 0 bridgehead atoms. The van der Waals surface area contributed by atoms with Crippen LogP contribution in [-0.2, 0) is 0 Å². The van der Waals surface area contributed by atoms with E-state index in [4.69, 9.17) is 15.5 Å². The Morgan fingerprint density at radius 1 is 1.08 bits per heavy atom. The van der Waals surface area contributed by atoms with E-state index < -0.39 is 5.91 Å². The van der Waals surface area contributed by atoms with Gasteiger partial charge in [-0.3, -0.25) is 4.79 Å². The molecular weight excluding hydrogens is 300 g/mol. The SMILES string of the molecule is Cc1cc(-c2ccc(C(N)=O)cc2)nc2ccc(OC(C)C)cc12. The maximum atomic E-state index is 11.2. The first-order valence-corrected chi connectivity index (χ1v) is 7.92. The number of primary amides is 1. The molecular formula is C20H20N2O2. The van der Waals surface area contributed by atoms with Crippen LogP contribution in [0.5, 0.6) is 5.75 Å². The van der Waals surface area contributed by atoms with Gasteiger partial charge in [0, 0.05) is 16.5 Å². The molecule has 2 aromatic carbocycles. The lowest BCUT2D eigenvalue weighted by Crippen LogP contribution is -2.10. The van der Waals surface area contributed by atoms with Crippen molar-refractivity contribution in [2.75, 3.05) is 0 Å². The van der Waals surface area contributed by atoms with Crippen molar-refractivity contribution in [2.45, 2.75) is 26.9 Å². The number of carbonyl (C=O) groups is 1. The fourth-order valence-electron chi connectivity index (χ4n) is 2.67. The van der Waals surface area contributed by atoms with Gasteiger partial charge in [-0.1, -0.05) is 12.1 Å². The van der Waals surface area contributed by atoms with E-state index in [-0.39, 0.29) is 6.10 Å². The number of nitrogens with two attached hydrogens (primary N) is 1. The smallest absolute Gasteiger partial charge is 0.248 e. The molecule has 0 aliphatic rings. The number of fused-ring (bicyclic) bond motifs is 1. The predicted molar refractivity (Wildman–Crippen MR) is 96.2 cm³/mol. The highest BCUT2D eigenvalue weighted by atomic mass is 16.5. The molecule has 122 valence electrons. The first kappa shape index (κ1) is 16.0. The molecule has 2 N–H and O–H groups in total. The number of ether oxygens (including phenoxy) is 1. The average Bonchev–Trinajstić information content (AvgIpc) is 2.55. The lowest BCUT2D eigenvalue weighted by Gasteiger charge is -2.12. The summed E-state index contributed by atoms with van der Waals surface area (Å²) in [7, 11) is 0. The van der Waals surface area contributed by atoms with Crippen LogP contribution in [0.2, 0.25) is 0 Å². The van der Waals surface area contributed by atoms with Gasteiger partial charge in [-0.05, 0) is 62.7 Å². The Hall–Kier alpha value is -2.88. The predicted octanol–water partition coefficient (Wildman–Crippen LogP) is 4.10. The van der Waals surface area contributed by atoms with Crippen LogP contribution in [0.1, 0.15) is 29.8 Å². The van der Waals surface area contributed by atoms with Gasteiger partial charge < -0.3 is 10.5 Å². The first-order chi connectivity index (χ1) is 11.4. The topological polar surface area (TPSA) is 65.2 Å². The number of amides is 1. The number of rotatable bonds is 4. The number of aryl methyl sites for hydroxylation is 1. The fraction of sp³-hybridized carbons (Fsp3) is 0.200. The maximum absolute atomic E-state index is 11.2. The normalized spacial score (nSPS) is 11.0. The molecule has 4 nitrogen and oxygen atoms in total. The Kier molecular flexibility index (Phi) is 4.21. The van der Waals surface area contributed by atoms with Crippen molar-refractivity contribution in [2.24, 2.45) is 5.73 Å². The molecule has 24 heavy (non-hydrogen) atoms. The van der Waals surface area contributed by atoms with E-state index in [1.165, 1.54) is 0 Å². The molecule has 0 radical (unpaired) electrons. The minimum Gasteiger partial charge on any atom is -0.491 e. The number of benzene rings is 2. The summed E-state index contributed by atoms with van der Waals surface area (Å²) in [6.45, 7) is 6.08. The molecule has 0 aliphatic carbocycles. The summed E-state index contributed by atoms with van der Waals surface area (Å²) in [5, 5.41) is 1.07. The van der Waals surface area contributed by atoms with Gasteiger partial charge in [0.05, 0.1) is 17.3 Å². The summed E-state index contributed by atoms with van der Waals surface area (Å²) in [5.74, 6) is 0.419. The van der Waals surface area contributed by atoms with Crippen LogP contribution in [0.25, 0.3) is 22.2 Å². The van der Waals surface area contributed by atoms with E-state index in [0.717, 1.165) is 33.5 Å². The molecule has 0 unspecified atom stereocenters.